The lowest BCUT2D eigenvalue weighted by Crippen LogP contribution is -2.38. The molecular weight excluding hydrogens is 326 g/mol. The molecule has 0 saturated heterocycles. The highest BCUT2D eigenvalue weighted by molar-refractivity contribution is 6.01. The number of hydrogen-bond donors (Lipinski definition) is 1. The summed E-state index contributed by atoms with van der Waals surface area (Å²) in [4.78, 5) is 31.5. The number of aromatic nitrogens is 1. The standard InChI is InChI=1S/C21H27N3O2/c1-3-24(4-2)21(26)17-12-10-16(11-13-17)20(25)23-18-9-5-7-15-8-6-14-22-19(15)18/h5-9,14,16-17H,3-4,10-13H2,1-2H3,(H,23,25). The number of anilines is 1. The Morgan fingerprint density at radius 3 is 2.38 bits per heavy atom. The molecule has 138 valence electrons. The van der Waals surface area contributed by atoms with Gasteiger partial charge >= 0.3 is 0 Å². The van der Waals surface area contributed by atoms with Crippen LogP contribution in [0.5, 0.6) is 0 Å². The Morgan fingerprint density at radius 1 is 1.04 bits per heavy atom. The Balaban J connectivity index is 1.61. The number of amides is 2. The maximum Gasteiger partial charge on any atom is 0.227 e. The third-order valence-electron chi connectivity index (χ3n) is 5.41. The largest absolute Gasteiger partial charge is 0.343 e. The third kappa shape index (κ3) is 3.87. The van der Waals surface area contributed by atoms with E-state index in [4.69, 9.17) is 0 Å². The molecule has 1 N–H and O–H groups in total. The van der Waals surface area contributed by atoms with Gasteiger partial charge in [-0.3, -0.25) is 14.6 Å². The van der Waals surface area contributed by atoms with Gasteiger partial charge in [0.05, 0.1) is 11.2 Å². The fourth-order valence-corrected chi connectivity index (χ4v) is 3.84. The highest BCUT2D eigenvalue weighted by atomic mass is 16.2. The van der Waals surface area contributed by atoms with Crippen molar-refractivity contribution >= 4 is 28.4 Å². The highest BCUT2D eigenvalue weighted by Gasteiger charge is 2.31. The Kier molecular flexibility index (Phi) is 5.86. The number of pyridine rings is 1. The van der Waals surface area contributed by atoms with Gasteiger partial charge in [-0.2, -0.15) is 0 Å². The van der Waals surface area contributed by atoms with E-state index in [9.17, 15) is 9.59 Å². The van der Waals surface area contributed by atoms with Crippen LogP contribution < -0.4 is 5.32 Å². The van der Waals surface area contributed by atoms with Crippen LogP contribution in [0, 0.1) is 11.8 Å². The van der Waals surface area contributed by atoms with Crippen LogP contribution in [-0.2, 0) is 9.59 Å². The number of rotatable bonds is 5. The number of hydrogen-bond acceptors (Lipinski definition) is 3. The smallest absolute Gasteiger partial charge is 0.227 e. The van der Waals surface area contributed by atoms with Gasteiger partial charge in [-0.05, 0) is 51.7 Å². The quantitative estimate of drug-likeness (QED) is 0.888. The van der Waals surface area contributed by atoms with E-state index in [1.54, 1.807) is 6.20 Å². The van der Waals surface area contributed by atoms with Gasteiger partial charge in [-0.25, -0.2) is 0 Å². The van der Waals surface area contributed by atoms with Gasteiger partial charge in [0.1, 0.15) is 0 Å². The molecule has 5 nitrogen and oxygen atoms in total. The number of carbonyl (C=O) groups excluding carboxylic acids is 2. The Hall–Kier alpha value is -2.43. The zero-order valence-corrected chi connectivity index (χ0v) is 15.6. The molecule has 1 aliphatic rings. The van der Waals surface area contributed by atoms with E-state index < -0.39 is 0 Å². The summed E-state index contributed by atoms with van der Waals surface area (Å²) in [6, 6.07) is 9.69. The van der Waals surface area contributed by atoms with Gasteiger partial charge < -0.3 is 10.2 Å². The van der Waals surface area contributed by atoms with Crippen LogP contribution >= 0.6 is 0 Å². The van der Waals surface area contributed by atoms with Crippen molar-refractivity contribution < 1.29 is 9.59 Å². The van der Waals surface area contributed by atoms with Crippen molar-refractivity contribution in [1.82, 2.24) is 9.88 Å². The van der Waals surface area contributed by atoms with Crippen molar-refractivity contribution in [2.45, 2.75) is 39.5 Å². The molecule has 0 spiro atoms. The fourth-order valence-electron chi connectivity index (χ4n) is 3.84. The number of fused-ring (bicyclic) bond motifs is 1. The first-order valence-electron chi connectivity index (χ1n) is 9.57. The van der Waals surface area contributed by atoms with Gasteiger partial charge in [-0.15, -0.1) is 0 Å². The zero-order valence-electron chi connectivity index (χ0n) is 15.6. The van der Waals surface area contributed by atoms with Crippen molar-refractivity contribution in [2.75, 3.05) is 18.4 Å². The molecule has 1 saturated carbocycles. The van der Waals surface area contributed by atoms with Crippen molar-refractivity contribution in [3.8, 4) is 0 Å². The molecule has 3 rings (SSSR count). The Bertz CT molecular complexity index is 772. The molecule has 5 heteroatoms. The molecule has 1 aromatic heterocycles. The van der Waals surface area contributed by atoms with E-state index in [0.29, 0.717) is 0 Å². The normalized spacial score (nSPS) is 19.9. The van der Waals surface area contributed by atoms with E-state index >= 15 is 0 Å². The minimum absolute atomic E-state index is 0.0327. The molecular formula is C21H27N3O2. The summed E-state index contributed by atoms with van der Waals surface area (Å²) < 4.78 is 0. The van der Waals surface area contributed by atoms with Gasteiger partial charge in [0.15, 0.2) is 0 Å². The molecule has 0 aliphatic heterocycles. The summed E-state index contributed by atoms with van der Waals surface area (Å²) in [5, 5.41) is 4.06. The number of nitrogens with one attached hydrogen (secondary N) is 1. The average molecular weight is 353 g/mol. The van der Waals surface area contributed by atoms with Gasteiger partial charge in [-0.1, -0.05) is 18.2 Å². The van der Waals surface area contributed by atoms with Crippen LogP contribution in [0.15, 0.2) is 36.5 Å². The number of para-hydroxylation sites is 1. The van der Waals surface area contributed by atoms with Gasteiger partial charge in [0.25, 0.3) is 0 Å². The number of nitrogens with zero attached hydrogens (tertiary/aromatic N) is 2. The van der Waals surface area contributed by atoms with E-state index in [1.165, 1.54) is 0 Å². The van der Waals surface area contributed by atoms with E-state index in [1.807, 2.05) is 49.1 Å². The van der Waals surface area contributed by atoms with Crippen LogP contribution in [0.2, 0.25) is 0 Å². The lowest BCUT2D eigenvalue weighted by molar-refractivity contribution is -0.137. The lowest BCUT2D eigenvalue weighted by atomic mass is 9.81. The Morgan fingerprint density at radius 2 is 1.69 bits per heavy atom. The lowest BCUT2D eigenvalue weighted by Gasteiger charge is -2.30. The molecule has 2 aromatic rings. The van der Waals surface area contributed by atoms with Crippen molar-refractivity contribution in [1.29, 1.82) is 0 Å². The first kappa shape index (κ1) is 18.4. The molecule has 1 aliphatic carbocycles. The summed E-state index contributed by atoms with van der Waals surface area (Å²) in [6.45, 7) is 5.53. The average Bonchev–Trinajstić information content (AvgIpc) is 2.69. The molecule has 0 radical (unpaired) electrons. The minimum Gasteiger partial charge on any atom is -0.343 e. The van der Waals surface area contributed by atoms with Crippen LogP contribution in [0.25, 0.3) is 10.9 Å². The molecule has 26 heavy (non-hydrogen) atoms. The predicted molar refractivity (Wildman–Crippen MR) is 104 cm³/mol. The highest BCUT2D eigenvalue weighted by Crippen LogP contribution is 2.31. The van der Waals surface area contributed by atoms with Crippen LogP contribution in [0.1, 0.15) is 39.5 Å². The second-order valence-electron chi connectivity index (χ2n) is 6.93. The second kappa shape index (κ2) is 8.30. The molecule has 0 bridgehead atoms. The molecule has 0 atom stereocenters. The summed E-state index contributed by atoms with van der Waals surface area (Å²) in [5.41, 5.74) is 1.57. The number of carbonyl (C=O) groups is 2. The van der Waals surface area contributed by atoms with E-state index in [0.717, 1.165) is 55.4 Å². The first-order valence-corrected chi connectivity index (χ1v) is 9.57. The monoisotopic (exact) mass is 353 g/mol. The van der Waals surface area contributed by atoms with Crippen LogP contribution in [0.3, 0.4) is 0 Å². The zero-order chi connectivity index (χ0) is 18.5. The maximum absolute atomic E-state index is 12.7. The van der Waals surface area contributed by atoms with Crippen molar-refractivity contribution in [3.63, 3.8) is 0 Å². The molecule has 2 amide bonds. The topological polar surface area (TPSA) is 62.3 Å². The van der Waals surface area contributed by atoms with E-state index in [2.05, 4.69) is 10.3 Å². The van der Waals surface area contributed by atoms with Gasteiger partial charge in [0, 0.05) is 36.5 Å². The molecule has 1 fully saturated rings. The predicted octanol–water partition coefficient (Wildman–Crippen LogP) is 3.85. The van der Waals surface area contributed by atoms with Crippen molar-refractivity contribution in [2.24, 2.45) is 11.8 Å². The second-order valence-corrected chi connectivity index (χ2v) is 6.93. The minimum atomic E-state index is -0.0327. The maximum atomic E-state index is 12.7. The van der Waals surface area contributed by atoms with Crippen molar-refractivity contribution in [3.05, 3.63) is 36.5 Å². The molecule has 1 heterocycles. The Labute approximate surface area is 154 Å². The van der Waals surface area contributed by atoms with Gasteiger partial charge in [0.2, 0.25) is 11.8 Å². The first-order chi connectivity index (χ1) is 12.6. The summed E-state index contributed by atoms with van der Waals surface area (Å²) in [5.74, 6) is 0.317. The molecule has 0 unspecified atom stereocenters. The van der Waals surface area contributed by atoms with Crippen LogP contribution in [0.4, 0.5) is 5.69 Å². The molecule has 1 aromatic carbocycles. The third-order valence-corrected chi connectivity index (χ3v) is 5.41. The number of benzene rings is 1. The van der Waals surface area contributed by atoms with Crippen LogP contribution in [-0.4, -0.2) is 34.8 Å². The summed E-state index contributed by atoms with van der Waals surface area (Å²) in [6.07, 6.45) is 4.86. The SMILES string of the molecule is CCN(CC)C(=O)C1CCC(C(=O)Nc2cccc3cccnc23)CC1. The summed E-state index contributed by atoms with van der Waals surface area (Å²) >= 11 is 0. The fraction of sp³-hybridized carbons (Fsp3) is 0.476. The van der Waals surface area contributed by atoms with E-state index in [-0.39, 0.29) is 23.7 Å². The summed E-state index contributed by atoms with van der Waals surface area (Å²) in [7, 11) is 0.